The maximum Gasteiger partial charge on any atom is 0.330 e. The Balaban J connectivity index is -0.000000240. The summed E-state index contributed by atoms with van der Waals surface area (Å²) in [6.45, 7) is 9.36. The van der Waals surface area contributed by atoms with Crippen molar-refractivity contribution in [3.05, 3.63) is 24.3 Å². The summed E-state index contributed by atoms with van der Waals surface area (Å²) >= 11 is 0. The number of hydrogen-bond acceptors (Lipinski definition) is 5. The topological polar surface area (TPSA) is 135 Å². The number of aliphatic hydroxyl groups is 3. The highest BCUT2D eigenvalue weighted by molar-refractivity contribution is 5.85. The molecule has 0 unspecified atom stereocenters. The summed E-state index contributed by atoms with van der Waals surface area (Å²) in [5.74, 6) is -1.91. The number of carbonyl (C=O) groups is 2. The molecular weight excluding hydrogens is 280 g/mol. The molecule has 0 aromatic rings. The average molecular weight is 306 g/mol. The molecule has 0 radical (unpaired) electrons. The predicted octanol–water partition coefficient (Wildman–Crippen LogP) is 0.654. The number of aliphatic carboxylic acids is 2. The molecule has 7 nitrogen and oxygen atoms in total. The molecule has 0 aromatic carbocycles. The summed E-state index contributed by atoms with van der Waals surface area (Å²) in [6, 6.07) is 0. The van der Waals surface area contributed by atoms with E-state index in [1.54, 1.807) is 0 Å². The van der Waals surface area contributed by atoms with Crippen LogP contribution in [0, 0.1) is 5.92 Å². The second-order valence-corrected chi connectivity index (χ2v) is 4.27. The molecular formula is C14H26O7. The molecule has 0 amide bonds. The predicted molar refractivity (Wildman–Crippen MR) is 78.9 cm³/mol. The first kappa shape index (κ1) is 24.3. The Morgan fingerprint density at radius 1 is 0.905 bits per heavy atom. The zero-order chi connectivity index (χ0) is 17.4. The van der Waals surface area contributed by atoms with Crippen LogP contribution in [0.3, 0.4) is 0 Å². The van der Waals surface area contributed by atoms with Crippen LogP contribution in [0.2, 0.25) is 0 Å². The van der Waals surface area contributed by atoms with E-state index in [1.165, 1.54) is 13.8 Å². The zero-order valence-electron chi connectivity index (χ0n) is 12.6. The van der Waals surface area contributed by atoms with Crippen molar-refractivity contribution in [2.24, 2.45) is 5.92 Å². The molecule has 21 heavy (non-hydrogen) atoms. The Labute approximate surface area is 124 Å². The Kier molecular flexibility index (Phi) is 18.9. The van der Waals surface area contributed by atoms with Crippen molar-refractivity contribution in [2.75, 3.05) is 19.8 Å². The molecule has 0 aromatic heterocycles. The molecule has 7 heteroatoms. The first-order valence-electron chi connectivity index (χ1n) is 6.24. The fourth-order valence-corrected chi connectivity index (χ4v) is 0.620. The van der Waals surface area contributed by atoms with Gasteiger partial charge in [-0.2, -0.15) is 0 Å². The van der Waals surface area contributed by atoms with Crippen LogP contribution in [-0.4, -0.2) is 57.3 Å². The van der Waals surface area contributed by atoms with E-state index >= 15 is 0 Å². The molecule has 0 rings (SSSR count). The second-order valence-electron chi connectivity index (χ2n) is 4.27. The minimum Gasteiger partial charge on any atom is -0.478 e. The summed E-state index contributed by atoms with van der Waals surface area (Å²) < 4.78 is 0. The second kappa shape index (κ2) is 16.4. The van der Waals surface area contributed by atoms with Gasteiger partial charge in [0.2, 0.25) is 0 Å². The summed E-state index contributed by atoms with van der Waals surface area (Å²) in [4.78, 5) is 19.2. The highest BCUT2D eigenvalue weighted by Gasteiger charge is 2.03. The van der Waals surface area contributed by atoms with Crippen LogP contribution in [0.15, 0.2) is 24.3 Å². The first-order valence-corrected chi connectivity index (χ1v) is 6.24. The summed E-state index contributed by atoms with van der Waals surface area (Å²) in [6.07, 6.45) is 1.36. The fraction of sp³-hybridized carbons (Fsp3) is 0.571. The van der Waals surface area contributed by atoms with Crippen LogP contribution in [0.1, 0.15) is 26.7 Å². The number of hydrogen-bond donors (Lipinski definition) is 5. The Hall–Kier alpha value is -1.70. The van der Waals surface area contributed by atoms with Crippen molar-refractivity contribution in [1.82, 2.24) is 0 Å². The van der Waals surface area contributed by atoms with E-state index < -0.39 is 11.9 Å². The van der Waals surface area contributed by atoms with Crippen LogP contribution >= 0.6 is 0 Å². The lowest BCUT2D eigenvalue weighted by atomic mass is 10.1. The van der Waals surface area contributed by atoms with E-state index in [4.69, 9.17) is 25.5 Å². The van der Waals surface area contributed by atoms with Gasteiger partial charge >= 0.3 is 11.9 Å². The molecule has 124 valence electrons. The van der Waals surface area contributed by atoms with Gasteiger partial charge < -0.3 is 25.5 Å². The lowest BCUT2D eigenvalue weighted by Gasteiger charge is -2.07. The third-order valence-corrected chi connectivity index (χ3v) is 2.02. The van der Waals surface area contributed by atoms with Crippen molar-refractivity contribution >= 4 is 11.9 Å². The van der Waals surface area contributed by atoms with Crippen LogP contribution in [0.25, 0.3) is 0 Å². The van der Waals surface area contributed by atoms with Gasteiger partial charge in [-0.3, -0.25) is 0 Å². The van der Waals surface area contributed by atoms with Crippen molar-refractivity contribution in [1.29, 1.82) is 0 Å². The van der Waals surface area contributed by atoms with E-state index in [9.17, 15) is 9.59 Å². The van der Waals surface area contributed by atoms with Gasteiger partial charge in [-0.25, -0.2) is 9.59 Å². The molecule has 0 aliphatic heterocycles. The van der Waals surface area contributed by atoms with Crippen LogP contribution in [-0.2, 0) is 9.59 Å². The molecule has 0 saturated carbocycles. The molecule has 0 bridgehead atoms. The molecule has 0 fully saturated rings. The van der Waals surface area contributed by atoms with E-state index in [1.807, 2.05) is 0 Å². The smallest absolute Gasteiger partial charge is 0.330 e. The van der Waals surface area contributed by atoms with E-state index in [0.717, 1.165) is 0 Å². The van der Waals surface area contributed by atoms with Gasteiger partial charge in [0, 0.05) is 36.9 Å². The van der Waals surface area contributed by atoms with Gasteiger partial charge in [-0.1, -0.05) is 13.2 Å². The molecule has 0 aliphatic rings. The first-order chi connectivity index (χ1) is 9.63. The number of carboxylic acids is 2. The summed E-state index contributed by atoms with van der Waals surface area (Å²) in [7, 11) is 0. The Morgan fingerprint density at radius 2 is 1.19 bits per heavy atom. The van der Waals surface area contributed by atoms with E-state index in [2.05, 4.69) is 13.2 Å². The van der Waals surface area contributed by atoms with Crippen LogP contribution in [0.4, 0.5) is 0 Å². The Morgan fingerprint density at radius 3 is 1.33 bits per heavy atom. The molecule has 0 aliphatic carbocycles. The number of aliphatic hydroxyl groups excluding tert-OH is 3. The van der Waals surface area contributed by atoms with Crippen molar-refractivity contribution in [3.8, 4) is 0 Å². The van der Waals surface area contributed by atoms with Crippen molar-refractivity contribution in [3.63, 3.8) is 0 Å². The van der Waals surface area contributed by atoms with Gasteiger partial charge in [0.25, 0.3) is 0 Å². The van der Waals surface area contributed by atoms with E-state index in [0.29, 0.717) is 12.8 Å². The highest BCUT2D eigenvalue weighted by Crippen LogP contribution is 2.02. The zero-order valence-corrected chi connectivity index (χ0v) is 12.6. The van der Waals surface area contributed by atoms with Gasteiger partial charge in [0.1, 0.15) is 0 Å². The minimum atomic E-state index is -0.935. The number of carboxylic acid groups (broad SMARTS) is 2. The molecule has 0 spiro atoms. The summed E-state index contributed by atoms with van der Waals surface area (Å²) in [5.41, 5.74) is 0.352. The van der Waals surface area contributed by atoms with Gasteiger partial charge in [0.15, 0.2) is 0 Å². The van der Waals surface area contributed by atoms with Gasteiger partial charge in [-0.15, -0.1) is 0 Å². The van der Waals surface area contributed by atoms with Crippen LogP contribution in [0.5, 0.6) is 0 Å². The minimum absolute atomic E-state index is 0.0104. The van der Waals surface area contributed by atoms with Crippen LogP contribution < -0.4 is 0 Å². The maximum absolute atomic E-state index is 9.60. The SMILES string of the molecule is C=C(C)C(=O)O.C=C(C)C(=O)O.OCCCC(CO)CO. The van der Waals surface area contributed by atoms with Gasteiger partial charge in [0.05, 0.1) is 0 Å². The van der Waals surface area contributed by atoms with Gasteiger partial charge in [-0.05, 0) is 26.7 Å². The third-order valence-electron chi connectivity index (χ3n) is 2.02. The largest absolute Gasteiger partial charge is 0.478 e. The van der Waals surface area contributed by atoms with Crippen molar-refractivity contribution in [2.45, 2.75) is 26.7 Å². The fourth-order valence-electron chi connectivity index (χ4n) is 0.620. The Bertz CT molecular complexity index is 271. The molecule has 0 atom stereocenters. The molecule has 5 N–H and O–H groups in total. The van der Waals surface area contributed by atoms with Crippen molar-refractivity contribution < 1.29 is 35.1 Å². The summed E-state index contributed by atoms with van der Waals surface area (Å²) in [5, 5.41) is 41.1. The normalized spacial score (nSPS) is 8.86. The number of rotatable bonds is 7. The monoisotopic (exact) mass is 306 g/mol. The maximum atomic E-state index is 9.60. The average Bonchev–Trinajstić information content (AvgIpc) is 2.41. The van der Waals surface area contributed by atoms with E-state index in [-0.39, 0.29) is 36.9 Å². The quantitative estimate of drug-likeness (QED) is 0.436. The lowest BCUT2D eigenvalue weighted by molar-refractivity contribution is -0.133. The standard InChI is InChI=1S/C6H14O3.2C4H6O2/c7-3-1-2-6(4-8)5-9;2*1-3(2)4(5)6/h6-9H,1-5H2;2*1H2,2H3,(H,5,6). The highest BCUT2D eigenvalue weighted by atomic mass is 16.4. The lowest BCUT2D eigenvalue weighted by Crippen LogP contribution is -2.11. The third kappa shape index (κ3) is 23.8. The molecule has 0 heterocycles. The molecule has 0 saturated heterocycles.